The zero-order chi connectivity index (χ0) is 27.0. The molecule has 3 aromatic carbocycles. The number of benzene rings is 3. The highest BCUT2D eigenvalue weighted by molar-refractivity contribution is 5.78. The second-order valence-electron chi connectivity index (χ2n) is 8.38. The van der Waals surface area contributed by atoms with Crippen LogP contribution in [0, 0.1) is 0 Å². The van der Waals surface area contributed by atoms with Gasteiger partial charge in [-0.2, -0.15) is 4.52 Å². The Hall–Kier alpha value is -5.12. The number of para-hydroxylation sites is 1. The molecule has 2 aromatic heterocycles. The van der Waals surface area contributed by atoms with Crippen LogP contribution in [0.25, 0.3) is 28.2 Å². The van der Waals surface area contributed by atoms with Gasteiger partial charge in [-0.1, -0.05) is 48.5 Å². The molecule has 1 N–H and O–H groups in total. The topological polar surface area (TPSA) is 109 Å². The fourth-order valence-electron chi connectivity index (χ4n) is 3.99. The summed E-state index contributed by atoms with van der Waals surface area (Å²) in [4.78, 5) is 12.4. The smallest absolute Gasteiger partial charge is 0.258 e. The summed E-state index contributed by atoms with van der Waals surface area (Å²) in [5.41, 5.74) is 3.17. The van der Waals surface area contributed by atoms with Gasteiger partial charge in [0.15, 0.2) is 18.1 Å². The Bertz CT molecular complexity index is 1570. The number of aromatic nitrogens is 4. The van der Waals surface area contributed by atoms with Gasteiger partial charge in [-0.25, -0.2) is 0 Å². The van der Waals surface area contributed by atoms with Crippen LogP contribution >= 0.6 is 0 Å². The molecule has 2 heterocycles. The van der Waals surface area contributed by atoms with Crippen LogP contribution in [0.5, 0.6) is 23.1 Å². The van der Waals surface area contributed by atoms with Crippen molar-refractivity contribution >= 4 is 11.6 Å². The predicted molar refractivity (Wildman–Crippen MR) is 145 cm³/mol. The van der Waals surface area contributed by atoms with E-state index >= 15 is 0 Å². The first-order valence-corrected chi connectivity index (χ1v) is 12.3. The molecule has 0 aliphatic carbocycles. The number of ether oxygens (including phenoxy) is 4. The number of carbonyl (C=O) groups is 1. The van der Waals surface area contributed by atoms with Gasteiger partial charge in [0.2, 0.25) is 5.88 Å². The lowest BCUT2D eigenvalue weighted by Gasteiger charge is -2.12. The second-order valence-corrected chi connectivity index (χ2v) is 8.38. The summed E-state index contributed by atoms with van der Waals surface area (Å²) < 4.78 is 24.0. The van der Waals surface area contributed by atoms with Crippen molar-refractivity contribution in [2.24, 2.45) is 0 Å². The normalized spacial score (nSPS) is 10.7. The van der Waals surface area contributed by atoms with Gasteiger partial charge in [-0.05, 0) is 35.9 Å². The number of fused-ring (bicyclic) bond motifs is 1. The Morgan fingerprint density at radius 1 is 0.821 bits per heavy atom. The van der Waals surface area contributed by atoms with Crippen LogP contribution in [-0.2, 0) is 4.79 Å². The van der Waals surface area contributed by atoms with Crippen molar-refractivity contribution in [1.29, 1.82) is 0 Å². The zero-order valence-electron chi connectivity index (χ0n) is 21.5. The minimum Gasteiger partial charge on any atom is -0.497 e. The quantitative estimate of drug-likeness (QED) is 0.257. The summed E-state index contributed by atoms with van der Waals surface area (Å²) in [5.74, 6) is 2.48. The molecule has 0 atom stereocenters. The van der Waals surface area contributed by atoms with Crippen molar-refractivity contribution in [1.82, 2.24) is 25.1 Å². The SMILES string of the molecule is COc1ccc(OC)c(-c2nnc3ccc(OCCNC(=O)COc4ccccc4-c4ccccc4)nn23)c1. The molecule has 198 valence electrons. The number of nitrogens with one attached hydrogen (secondary N) is 1. The van der Waals surface area contributed by atoms with Gasteiger partial charge in [0.05, 0.1) is 26.3 Å². The third-order valence-electron chi connectivity index (χ3n) is 5.89. The van der Waals surface area contributed by atoms with Gasteiger partial charge in [0.1, 0.15) is 23.9 Å². The molecular weight excluding hydrogens is 498 g/mol. The van der Waals surface area contributed by atoms with Crippen LogP contribution in [-0.4, -0.2) is 59.7 Å². The number of hydrogen-bond donors (Lipinski definition) is 1. The number of amides is 1. The lowest BCUT2D eigenvalue weighted by Crippen LogP contribution is -2.32. The van der Waals surface area contributed by atoms with E-state index in [-0.39, 0.29) is 25.7 Å². The van der Waals surface area contributed by atoms with E-state index in [0.717, 1.165) is 11.1 Å². The van der Waals surface area contributed by atoms with Gasteiger partial charge < -0.3 is 24.3 Å². The first-order chi connectivity index (χ1) is 19.2. The Morgan fingerprint density at radius 2 is 1.64 bits per heavy atom. The highest BCUT2D eigenvalue weighted by Crippen LogP contribution is 2.32. The number of nitrogens with zero attached hydrogens (tertiary/aromatic N) is 4. The standard InChI is InChI=1S/C29H27N5O5/c1-36-21-12-13-24(37-2)23(18-21)29-32-31-26-14-15-28(33-34(26)29)38-17-16-30-27(35)19-39-25-11-7-6-10-22(25)20-8-4-3-5-9-20/h3-15,18H,16-17,19H2,1-2H3,(H,30,35). The van der Waals surface area contributed by atoms with E-state index in [4.69, 9.17) is 18.9 Å². The Morgan fingerprint density at radius 3 is 2.46 bits per heavy atom. The molecule has 0 saturated heterocycles. The Labute approximate surface area is 225 Å². The van der Waals surface area contributed by atoms with Crippen molar-refractivity contribution < 1.29 is 23.7 Å². The number of hydrogen-bond acceptors (Lipinski definition) is 8. The van der Waals surface area contributed by atoms with E-state index in [9.17, 15) is 4.79 Å². The van der Waals surface area contributed by atoms with Crippen molar-refractivity contribution in [3.8, 4) is 45.6 Å². The van der Waals surface area contributed by atoms with E-state index in [1.165, 1.54) is 0 Å². The molecule has 10 heteroatoms. The predicted octanol–water partition coefficient (Wildman–Crippen LogP) is 4.05. The van der Waals surface area contributed by atoms with E-state index in [2.05, 4.69) is 20.6 Å². The van der Waals surface area contributed by atoms with Crippen LogP contribution in [0.15, 0.2) is 84.9 Å². The minimum atomic E-state index is -0.254. The molecule has 39 heavy (non-hydrogen) atoms. The van der Waals surface area contributed by atoms with Gasteiger partial charge in [-0.15, -0.1) is 15.3 Å². The number of carbonyl (C=O) groups excluding carboxylic acids is 1. The molecule has 1 amide bonds. The van der Waals surface area contributed by atoms with Crippen LogP contribution in [0.2, 0.25) is 0 Å². The monoisotopic (exact) mass is 525 g/mol. The van der Waals surface area contributed by atoms with Gasteiger partial charge >= 0.3 is 0 Å². The third kappa shape index (κ3) is 5.90. The number of methoxy groups -OCH3 is 2. The summed E-state index contributed by atoms with van der Waals surface area (Å²) in [6.07, 6.45) is 0. The third-order valence-corrected chi connectivity index (χ3v) is 5.89. The van der Waals surface area contributed by atoms with Crippen LogP contribution < -0.4 is 24.3 Å². The molecule has 0 unspecified atom stereocenters. The lowest BCUT2D eigenvalue weighted by atomic mass is 10.1. The highest BCUT2D eigenvalue weighted by atomic mass is 16.5. The average Bonchev–Trinajstić information content (AvgIpc) is 3.41. The molecule has 0 aliphatic rings. The molecule has 0 fully saturated rings. The van der Waals surface area contributed by atoms with Crippen molar-refractivity contribution in [3.63, 3.8) is 0 Å². The molecule has 10 nitrogen and oxygen atoms in total. The van der Waals surface area contributed by atoms with Crippen molar-refractivity contribution in [3.05, 3.63) is 84.9 Å². The molecular formula is C29H27N5O5. The summed E-state index contributed by atoms with van der Waals surface area (Å²) in [6.45, 7) is 0.381. The maximum Gasteiger partial charge on any atom is 0.258 e. The summed E-state index contributed by atoms with van der Waals surface area (Å²) in [6, 6.07) is 26.4. The van der Waals surface area contributed by atoms with Gasteiger partial charge in [0.25, 0.3) is 5.91 Å². The number of rotatable bonds is 11. The molecule has 0 saturated carbocycles. The Balaban J connectivity index is 1.17. The molecule has 0 bridgehead atoms. The summed E-state index contributed by atoms with van der Waals surface area (Å²) >= 11 is 0. The van der Waals surface area contributed by atoms with Crippen molar-refractivity contribution in [2.75, 3.05) is 34.0 Å². The maximum absolute atomic E-state index is 12.4. The van der Waals surface area contributed by atoms with Crippen LogP contribution in [0.3, 0.4) is 0 Å². The molecule has 0 aliphatic heterocycles. The van der Waals surface area contributed by atoms with E-state index < -0.39 is 0 Å². The molecule has 5 rings (SSSR count). The van der Waals surface area contributed by atoms with Crippen LogP contribution in [0.1, 0.15) is 0 Å². The minimum absolute atomic E-state index is 0.111. The van der Waals surface area contributed by atoms with E-state index in [1.54, 1.807) is 49.1 Å². The van der Waals surface area contributed by atoms with Gasteiger partial charge in [0, 0.05) is 11.6 Å². The zero-order valence-corrected chi connectivity index (χ0v) is 21.5. The molecule has 5 aromatic rings. The van der Waals surface area contributed by atoms with Crippen LogP contribution in [0.4, 0.5) is 0 Å². The molecule has 0 spiro atoms. The second kappa shape index (κ2) is 12.0. The van der Waals surface area contributed by atoms with Crippen molar-refractivity contribution in [2.45, 2.75) is 0 Å². The van der Waals surface area contributed by atoms with E-state index in [1.807, 2.05) is 54.6 Å². The summed E-state index contributed by atoms with van der Waals surface area (Å²) in [7, 11) is 3.17. The first-order valence-electron chi connectivity index (χ1n) is 12.3. The maximum atomic E-state index is 12.4. The highest BCUT2D eigenvalue weighted by Gasteiger charge is 2.16. The van der Waals surface area contributed by atoms with E-state index in [0.29, 0.717) is 40.2 Å². The fraction of sp³-hybridized carbons (Fsp3) is 0.172. The summed E-state index contributed by atoms with van der Waals surface area (Å²) in [5, 5.41) is 15.8. The average molecular weight is 526 g/mol. The Kier molecular flexibility index (Phi) is 7.82. The largest absolute Gasteiger partial charge is 0.497 e. The fourth-order valence-corrected chi connectivity index (χ4v) is 3.99. The molecule has 0 radical (unpaired) electrons. The lowest BCUT2D eigenvalue weighted by molar-refractivity contribution is -0.123. The van der Waals surface area contributed by atoms with Gasteiger partial charge in [-0.3, -0.25) is 4.79 Å². The first kappa shape index (κ1) is 25.5.